The summed E-state index contributed by atoms with van der Waals surface area (Å²) in [4.78, 5) is 13.8. The van der Waals surface area contributed by atoms with Crippen molar-refractivity contribution in [3.8, 4) is 6.07 Å². The lowest BCUT2D eigenvalue weighted by atomic mass is 9.95. The molecule has 0 amide bonds. The number of carboxylic acid groups (broad SMARTS) is 1. The third-order valence-corrected chi connectivity index (χ3v) is 7.84. The molecule has 4 heteroatoms. The van der Waals surface area contributed by atoms with E-state index in [2.05, 4.69) is 95.9 Å². The number of rotatable bonds is 6. The molecule has 1 fully saturated rings. The maximum Gasteiger partial charge on any atom is 0.346 e. The number of carbonyl (C=O) groups is 1. The number of anilines is 2. The number of hydrogen-bond acceptors (Lipinski definition) is 3. The van der Waals surface area contributed by atoms with E-state index in [1.54, 1.807) is 6.07 Å². The number of nitrogens with zero attached hydrogens (tertiary/aromatic N) is 2. The van der Waals surface area contributed by atoms with Gasteiger partial charge >= 0.3 is 5.97 Å². The number of aliphatic carboxylic acids is 1. The molecule has 0 bridgehead atoms. The molecule has 2 unspecified atom stereocenters. The van der Waals surface area contributed by atoms with E-state index in [1.807, 2.05) is 18.2 Å². The molecule has 0 spiro atoms. The van der Waals surface area contributed by atoms with Crippen LogP contribution in [-0.2, 0) is 4.79 Å². The Morgan fingerprint density at radius 2 is 1.46 bits per heavy atom. The SMILES string of the molecule is N#CC(=Cc1ccc2c(c1)C1CCCC1N2c1ccc(C=C(c2ccccc2)c2ccccc2)cc1)C(=O)O. The summed E-state index contributed by atoms with van der Waals surface area (Å²) in [5.41, 5.74) is 8.78. The van der Waals surface area contributed by atoms with Crippen LogP contribution in [0.1, 0.15) is 53.0 Å². The molecule has 1 heterocycles. The van der Waals surface area contributed by atoms with Gasteiger partial charge in [-0.05, 0) is 82.6 Å². The number of hydrogen-bond donors (Lipinski definition) is 1. The zero-order valence-corrected chi connectivity index (χ0v) is 21.5. The predicted molar refractivity (Wildman–Crippen MR) is 156 cm³/mol. The van der Waals surface area contributed by atoms with Gasteiger partial charge in [0.25, 0.3) is 0 Å². The van der Waals surface area contributed by atoms with Gasteiger partial charge in [-0.15, -0.1) is 0 Å². The van der Waals surface area contributed by atoms with Gasteiger partial charge in [0.2, 0.25) is 0 Å². The van der Waals surface area contributed by atoms with Gasteiger partial charge in [-0.3, -0.25) is 0 Å². The van der Waals surface area contributed by atoms with Crippen LogP contribution < -0.4 is 4.90 Å². The number of nitriles is 1. The van der Waals surface area contributed by atoms with E-state index in [0.29, 0.717) is 12.0 Å². The summed E-state index contributed by atoms with van der Waals surface area (Å²) in [6, 6.07) is 38.0. The molecular weight excluding hydrogens is 480 g/mol. The van der Waals surface area contributed by atoms with Gasteiger partial charge in [0.1, 0.15) is 11.6 Å². The summed E-state index contributed by atoms with van der Waals surface area (Å²) in [6.45, 7) is 0. The van der Waals surface area contributed by atoms with Crippen LogP contribution >= 0.6 is 0 Å². The first kappa shape index (κ1) is 24.5. The Kier molecular flexibility index (Phi) is 6.57. The van der Waals surface area contributed by atoms with Crippen LogP contribution in [0.15, 0.2) is 109 Å². The zero-order valence-electron chi connectivity index (χ0n) is 21.5. The maximum absolute atomic E-state index is 11.3. The highest BCUT2D eigenvalue weighted by atomic mass is 16.4. The highest BCUT2D eigenvalue weighted by molar-refractivity contribution is 5.96. The molecule has 190 valence electrons. The quantitative estimate of drug-likeness (QED) is 0.163. The van der Waals surface area contributed by atoms with Gasteiger partial charge < -0.3 is 10.0 Å². The van der Waals surface area contributed by atoms with Crippen molar-refractivity contribution >= 4 is 35.1 Å². The van der Waals surface area contributed by atoms with Gasteiger partial charge in [-0.25, -0.2) is 4.79 Å². The molecule has 2 atom stereocenters. The maximum atomic E-state index is 11.3. The van der Waals surface area contributed by atoms with Crippen LogP contribution in [0.2, 0.25) is 0 Å². The van der Waals surface area contributed by atoms with E-state index in [4.69, 9.17) is 0 Å². The number of fused-ring (bicyclic) bond motifs is 3. The Morgan fingerprint density at radius 1 is 0.821 bits per heavy atom. The minimum absolute atomic E-state index is 0.248. The Morgan fingerprint density at radius 3 is 2.08 bits per heavy atom. The normalized spacial score (nSPS) is 17.7. The first-order chi connectivity index (χ1) is 19.1. The van der Waals surface area contributed by atoms with Crippen LogP contribution in [0, 0.1) is 11.3 Å². The molecule has 1 saturated carbocycles. The van der Waals surface area contributed by atoms with Gasteiger partial charge in [-0.1, -0.05) is 85.3 Å². The fourth-order valence-corrected chi connectivity index (χ4v) is 6.08. The summed E-state index contributed by atoms with van der Waals surface area (Å²) in [5, 5.41) is 18.5. The average molecular weight is 509 g/mol. The van der Waals surface area contributed by atoms with E-state index in [0.717, 1.165) is 29.7 Å². The summed E-state index contributed by atoms with van der Waals surface area (Å²) < 4.78 is 0. The van der Waals surface area contributed by atoms with E-state index in [-0.39, 0.29) is 5.57 Å². The first-order valence-electron chi connectivity index (χ1n) is 13.3. The van der Waals surface area contributed by atoms with Crippen LogP contribution in [-0.4, -0.2) is 17.1 Å². The molecule has 4 nitrogen and oxygen atoms in total. The summed E-state index contributed by atoms with van der Waals surface area (Å²) in [5.74, 6) is -0.791. The lowest BCUT2D eigenvalue weighted by Crippen LogP contribution is -2.26. The number of benzene rings is 4. The largest absolute Gasteiger partial charge is 0.477 e. The van der Waals surface area contributed by atoms with Crippen molar-refractivity contribution in [3.63, 3.8) is 0 Å². The van der Waals surface area contributed by atoms with Gasteiger partial charge in [0.15, 0.2) is 0 Å². The monoisotopic (exact) mass is 508 g/mol. The van der Waals surface area contributed by atoms with Crippen molar-refractivity contribution in [1.82, 2.24) is 0 Å². The fraction of sp³-hybridized carbons (Fsp3) is 0.143. The summed E-state index contributed by atoms with van der Waals surface area (Å²) in [6.07, 6.45) is 7.12. The standard InChI is InChI=1S/C35H28N2O2/c36-23-28(35(38)39)20-25-16-19-34-32(22-25)30-12-7-13-33(30)37(34)29-17-14-24(15-18-29)21-31(26-8-3-1-4-9-26)27-10-5-2-6-11-27/h1-6,8-11,14-22,30,33H,7,12-13H2,(H,38,39). The Labute approximate surface area is 228 Å². The van der Waals surface area contributed by atoms with Crippen LogP contribution in [0.4, 0.5) is 11.4 Å². The highest BCUT2D eigenvalue weighted by Gasteiger charge is 2.42. The first-order valence-corrected chi connectivity index (χ1v) is 13.3. The van der Waals surface area contributed by atoms with E-state index in [1.165, 1.54) is 40.4 Å². The molecule has 0 aromatic heterocycles. The van der Waals surface area contributed by atoms with Crippen LogP contribution in [0.25, 0.3) is 17.7 Å². The van der Waals surface area contributed by atoms with Crippen molar-refractivity contribution < 1.29 is 9.90 Å². The molecule has 0 radical (unpaired) electrons. The third-order valence-electron chi connectivity index (χ3n) is 7.84. The molecule has 6 rings (SSSR count). The third kappa shape index (κ3) is 4.76. The van der Waals surface area contributed by atoms with Crippen LogP contribution in [0.5, 0.6) is 0 Å². The van der Waals surface area contributed by atoms with E-state index < -0.39 is 5.97 Å². The second-order valence-electron chi connectivity index (χ2n) is 10.1. The predicted octanol–water partition coefficient (Wildman–Crippen LogP) is 8.05. The topological polar surface area (TPSA) is 64.3 Å². The summed E-state index contributed by atoms with van der Waals surface area (Å²) in [7, 11) is 0. The molecule has 0 saturated heterocycles. The van der Waals surface area contributed by atoms with E-state index in [9.17, 15) is 15.2 Å². The van der Waals surface area contributed by atoms with Gasteiger partial charge in [0, 0.05) is 23.3 Å². The molecular formula is C35H28N2O2. The molecule has 1 aliphatic carbocycles. The van der Waals surface area contributed by atoms with Crippen molar-refractivity contribution in [3.05, 3.63) is 137 Å². The van der Waals surface area contributed by atoms with Crippen molar-refractivity contribution in [2.24, 2.45) is 0 Å². The Hall–Kier alpha value is -4.88. The average Bonchev–Trinajstić information content (AvgIpc) is 3.57. The van der Waals surface area contributed by atoms with Crippen molar-refractivity contribution in [1.29, 1.82) is 5.26 Å². The minimum atomic E-state index is -1.20. The fourth-order valence-electron chi connectivity index (χ4n) is 6.08. The van der Waals surface area contributed by atoms with Crippen molar-refractivity contribution in [2.75, 3.05) is 4.90 Å². The highest BCUT2D eigenvalue weighted by Crippen LogP contribution is 2.52. The second kappa shape index (κ2) is 10.5. The molecule has 39 heavy (non-hydrogen) atoms. The molecule has 2 aliphatic rings. The molecule has 1 N–H and O–H groups in total. The van der Waals surface area contributed by atoms with Crippen LogP contribution in [0.3, 0.4) is 0 Å². The zero-order chi connectivity index (χ0) is 26.8. The second-order valence-corrected chi connectivity index (χ2v) is 10.1. The Balaban J connectivity index is 1.35. The minimum Gasteiger partial charge on any atom is -0.477 e. The molecule has 4 aromatic rings. The number of carboxylic acids is 1. The molecule has 1 aliphatic heterocycles. The van der Waals surface area contributed by atoms with E-state index >= 15 is 0 Å². The lowest BCUT2D eigenvalue weighted by molar-refractivity contribution is -0.132. The molecule has 4 aromatic carbocycles. The van der Waals surface area contributed by atoms with Crippen molar-refractivity contribution in [2.45, 2.75) is 31.2 Å². The Bertz CT molecular complexity index is 1570. The van der Waals surface area contributed by atoms with Gasteiger partial charge in [-0.2, -0.15) is 5.26 Å². The smallest absolute Gasteiger partial charge is 0.346 e. The lowest BCUT2D eigenvalue weighted by Gasteiger charge is -2.27. The van der Waals surface area contributed by atoms with Gasteiger partial charge in [0.05, 0.1) is 0 Å². The summed E-state index contributed by atoms with van der Waals surface area (Å²) >= 11 is 0.